The van der Waals surface area contributed by atoms with Crippen LogP contribution in [-0.4, -0.2) is 6.04 Å². The van der Waals surface area contributed by atoms with Crippen molar-refractivity contribution in [1.29, 1.82) is 5.26 Å². The van der Waals surface area contributed by atoms with Gasteiger partial charge in [-0.05, 0) is 37.0 Å². The number of aryl methyl sites for hydroxylation is 1. The summed E-state index contributed by atoms with van der Waals surface area (Å²) >= 11 is 0. The van der Waals surface area contributed by atoms with Crippen LogP contribution in [0.15, 0.2) is 24.3 Å². The van der Waals surface area contributed by atoms with Crippen molar-refractivity contribution in [2.45, 2.75) is 45.1 Å². The van der Waals surface area contributed by atoms with Crippen molar-refractivity contribution in [3.8, 4) is 6.07 Å². The van der Waals surface area contributed by atoms with Gasteiger partial charge in [0.05, 0.1) is 12.0 Å². The number of nitrogens with zero attached hydrogens (tertiary/aromatic N) is 1. The summed E-state index contributed by atoms with van der Waals surface area (Å²) in [5.74, 6) is 0.175. The van der Waals surface area contributed by atoms with E-state index in [1.54, 1.807) is 0 Å². The fraction of sp³-hybridized carbons (Fsp3) is 0.533. The van der Waals surface area contributed by atoms with E-state index in [0.717, 1.165) is 24.9 Å². The fourth-order valence-electron chi connectivity index (χ4n) is 2.55. The highest BCUT2D eigenvalue weighted by Crippen LogP contribution is 2.27. The molecule has 1 N–H and O–H groups in total. The number of hydrogen-bond acceptors (Lipinski definition) is 2. The predicted octanol–water partition coefficient (Wildman–Crippen LogP) is 3.74. The Bertz CT molecular complexity index is 406. The molecule has 2 unspecified atom stereocenters. The Kier molecular flexibility index (Phi) is 4.03. The van der Waals surface area contributed by atoms with E-state index in [0.29, 0.717) is 6.04 Å². The van der Waals surface area contributed by atoms with Crippen molar-refractivity contribution in [3.05, 3.63) is 29.8 Å². The van der Waals surface area contributed by atoms with Crippen molar-refractivity contribution < 1.29 is 0 Å². The van der Waals surface area contributed by atoms with Crippen LogP contribution < -0.4 is 5.32 Å². The van der Waals surface area contributed by atoms with Crippen molar-refractivity contribution >= 4 is 5.69 Å². The fourth-order valence-corrected chi connectivity index (χ4v) is 2.55. The van der Waals surface area contributed by atoms with Gasteiger partial charge in [-0.3, -0.25) is 0 Å². The van der Waals surface area contributed by atoms with E-state index >= 15 is 0 Å². The first-order chi connectivity index (χ1) is 8.33. The lowest BCUT2D eigenvalue weighted by Gasteiger charge is -2.28. The molecule has 2 heteroatoms. The van der Waals surface area contributed by atoms with Crippen LogP contribution in [0.3, 0.4) is 0 Å². The largest absolute Gasteiger partial charge is 0.381 e. The SMILES string of the molecule is CCc1cccc(NC2CCCCC2C#N)c1. The van der Waals surface area contributed by atoms with Gasteiger partial charge in [0.25, 0.3) is 0 Å². The maximum atomic E-state index is 9.15. The second-order valence-corrected chi connectivity index (χ2v) is 4.82. The van der Waals surface area contributed by atoms with E-state index in [1.165, 1.54) is 18.4 Å². The first kappa shape index (κ1) is 12.0. The average molecular weight is 228 g/mol. The molecule has 1 aliphatic carbocycles. The Balaban J connectivity index is 2.06. The molecule has 0 saturated heterocycles. The molecule has 2 atom stereocenters. The van der Waals surface area contributed by atoms with Crippen molar-refractivity contribution in [1.82, 2.24) is 0 Å². The lowest BCUT2D eigenvalue weighted by Crippen LogP contribution is -2.31. The third kappa shape index (κ3) is 3.00. The molecule has 0 spiro atoms. The average Bonchev–Trinajstić information content (AvgIpc) is 2.39. The summed E-state index contributed by atoms with van der Waals surface area (Å²) in [5.41, 5.74) is 2.51. The molecule has 0 bridgehead atoms. The number of hydrogen-bond donors (Lipinski definition) is 1. The Morgan fingerprint density at radius 1 is 1.35 bits per heavy atom. The third-order valence-corrected chi connectivity index (χ3v) is 3.62. The Morgan fingerprint density at radius 2 is 2.18 bits per heavy atom. The smallest absolute Gasteiger partial charge is 0.0677 e. The monoisotopic (exact) mass is 228 g/mol. The molecule has 0 radical (unpaired) electrons. The first-order valence-electron chi connectivity index (χ1n) is 6.58. The molecular formula is C15H20N2. The van der Waals surface area contributed by atoms with Crippen LogP contribution in [0.25, 0.3) is 0 Å². The summed E-state index contributed by atoms with van der Waals surface area (Å²) in [4.78, 5) is 0. The van der Waals surface area contributed by atoms with Gasteiger partial charge in [-0.2, -0.15) is 5.26 Å². The van der Waals surface area contributed by atoms with Crippen molar-refractivity contribution in [2.24, 2.45) is 5.92 Å². The second kappa shape index (κ2) is 5.72. The van der Waals surface area contributed by atoms with E-state index in [1.807, 2.05) is 0 Å². The molecule has 1 fully saturated rings. The minimum atomic E-state index is 0.175. The van der Waals surface area contributed by atoms with Crippen LogP contribution in [0.2, 0.25) is 0 Å². The molecule has 0 aromatic heterocycles. The van der Waals surface area contributed by atoms with Gasteiger partial charge < -0.3 is 5.32 Å². The molecule has 2 rings (SSSR count). The van der Waals surface area contributed by atoms with Gasteiger partial charge in [0.2, 0.25) is 0 Å². The lowest BCUT2D eigenvalue weighted by atomic mass is 9.85. The third-order valence-electron chi connectivity index (χ3n) is 3.62. The molecule has 17 heavy (non-hydrogen) atoms. The summed E-state index contributed by atoms with van der Waals surface area (Å²) in [6.07, 6.45) is 5.66. The Hall–Kier alpha value is -1.49. The van der Waals surface area contributed by atoms with Gasteiger partial charge in [0, 0.05) is 11.7 Å². The maximum Gasteiger partial charge on any atom is 0.0677 e. The van der Waals surface area contributed by atoms with Gasteiger partial charge in [-0.25, -0.2) is 0 Å². The number of anilines is 1. The van der Waals surface area contributed by atoms with Crippen LogP contribution in [0.4, 0.5) is 5.69 Å². The van der Waals surface area contributed by atoms with Crippen molar-refractivity contribution in [3.63, 3.8) is 0 Å². The highest BCUT2D eigenvalue weighted by atomic mass is 14.9. The lowest BCUT2D eigenvalue weighted by molar-refractivity contribution is 0.389. The van der Waals surface area contributed by atoms with Gasteiger partial charge in [0.15, 0.2) is 0 Å². The zero-order chi connectivity index (χ0) is 12.1. The Labute approximate surface area is 104 Å². The Morgan fingerprint density at radius 3 is 2.94 bits per heavy atom. The number of nitriles is 1. The maximum absolute atomic E-state index is 9.15. The van der Waals surface area contributed by atoms with E-state index in [2.05, 4.69) is 42.6 Å². The van der Waals surface area contributed by atoms with Gasteiger partial charge >= 0.3 is 0 Å². The molecule has 0 amide bonds. The summed E-state index contributed by atoms with van der Waals surface area (Å²) in [6.45, 7) is 2.16. The predicted molar refractivity (Wildman–Crippen MR) is 70.8 cm³/mol. The minimum Gasteiger partial charge on any atom is -0.381 e. The van der Waals surface area contributed by atoms with E-state index in [9.17, 15) is 0 Å². The van der Waals surface area contributed by atoms with Crippen LogP contribution in [-0.2, 0) is 6.42 Å². The molecule has 2 nitrogen and oxygen atoms in total. The molecule has 1 aromatic carbocycles. The molecule has 1 aromatic rings. The molecule has 0 aliphatic heterocycles. The van der Waals surface area contributed by atoms with E-state index < -0.39 is 0 Å². The highest BCUT2D eigenvalue weighted by Gasteiger charge is 2.24. The van der Waals surface area contributed by atoms with Crippen LogP contribution in [0, 0.1) is 17.2 Å². The van der Waals surface area contributed by atoms with E-state index in [4.69, 9.17) is 5.26 Å². The van der Waals surface area contributed by atoms with Crippen LogP contribution >= 0.6 is 0 Å². The summed E-state index contributed by atoms with van der Waals surface area (Å²) in [6, 6.07) is 11.3. The van der Waals surface area contributed by atoms with Gasteiger partial charge in [-0.1, -0.05) is 31.9 Å². The van der Waals surface area contributed by atoms with Gasteiger partial charge in [0.1, 0.15) is 0 Å². The second-order valence-electron chi connectivity index (χ2n) is 4.82. The molecular weight excluding hydrogens is 208 g/mol. The number of rotatable bonds is 3. The molecule has 90 valence electrons. The number of benzene rings is 1. The molecule has 0 heterocycles. The van der Waals surface area contributed by atoms with Crippen LogP contribution in [0.1, 0.15) is 38.2 Å². The minimum absolute atomic E-state index is 0.175. The summed E-state index contributed by atoms with van der Waals surface area (Å²) in [7, 11) is 0. The standard InChI is InChI=1S/C15H20N2/c1-2-12-6-5-8-14(10-12)17-15-9-4-3-7-13(15)11-16/h5-6,8,10,13,15,17H,2-4,7,9H2,1H3. The topological polar surface area (TPSA) is 35.8 Å². The van der Waals surface area contributed by atoms with E-state index in [-0.39, 0.29) is 5.92 Å². The summed E-state index contributed by atoms with van der Waals surface area (Å²) < 4.78 is 0. The quantitative estimate of drug-likeness (QED) is 0.855. The first-order valence-corrected chi connectivity index (χ1v) is 6.58. The van der Waals surface area contributed by atoms with Gasteiger partial charge in [-0.15, -0.1) is 0 Å². The molecule has 1 saturated carbocycles. The normalized spacial score (nSPS) is 24.0. The van der Waals surface area contributed by atoms with Crippen LogP contribution in [0.5, 0.6) is 0 Å². The van der Waals surface area contributed by atoms with Crippen molar-refractivity contribution in [2.75, 3.05) is 5.32 Å². The number of nitrogens with one attached hydrogen (secondary N) is 1. The zero-order valence-electron chi connectivity index (χ0n) is 10.4. The highest BCUT2D eigenvalue weighted by molar-refractivity contribution is 5.47. The summed E-state index contributed by atoms with van der Waals surface area (Å²) in [5, 5.41) is 12.7. The zero-order valence-corrected chi connectivity index (χ0v) is 10.4. The molecule has 1 aliphatic rings.